The first-order chi connectivity index (χ1) is 9.49. The van der Waals surface area contributed by atoms with Crippen LogP contribution < -0.4 is 10.6 Å². The first-order valence-electron chi connectivity index (χ1n) is 7.33. The number of thiocarbonyl (C=S) groups is 1. The van der Waals surface area contributed by atoms with Gasteiger partial charge in [-0.2, -0.15) is 5.10 Å². The van der Waals surface area contributed by atoms with E-state index < -0.39 is 0 Å². The maximum Gasteiger partial charge on any atom is 0.137 e. The molecule has 0 bridgehead atoms. The zero-order valence-corrected chi connectivity index (χ0v) is 13.3. The summed E-state index contributed by atoms with van der Waals surface area (Å²) in [6.45, 7) is 7.67. The summed E-state index contributed by atoms with van der Waals surface area (Å²) in [5.74, 6) is 1.09. The van der Waals surface area contributed by atoms with Crippen molar-refractivity contribution in [2.45, 2.75) is 38.8 Å². The summed E-state index contributed by atoms with van der Waals surface area (Å²) < 4.78 is 1.94. The highest BCUT2D eigenvalue weighted by atomic mass is 32.1. The summed E-state index contributed by atoms with van der Waals surface area (Å²) in [6, 6.07) is 1.13. The third-order valence-electron chi connectivity index (χ3n) is 4.65. The summed E-state index contributed by atoms with van der Waals surface area (Å²) in [5, 5.41) is 4.52. The van der Waals surface area contributed by atoms with Crippen LogP contribution in [0.1, 0.15) is 31.0 Å². The standard InChI is InChI=1S/C14H23N5S/c1-9-7-18-6-4-5-11(18)8-19(9)14-12(13(15)20)10(2)16-17(14)3/h9,11H,4-8H2,1-3H3,(H2,15,20). The van der Waals surface area contributed by atoms with Gasteiger partial charge in [-0.1, -0.05) is 12.2 Å². The number of fused-ring (bicyclic) bond motifs is 1. The molecule has 110 valence electrons. The van der Waals surface area contributed by atoms with Gasteiger partial charge >= 0.3 is 0 Å². The van der Waals surface area contributed by atoms with Gasteiger partial charge in [0, 0.05) is 32.2 Å². The normalized spacial score (nSPS) is 26.9. The Morgan fingerprint density at radius 3 is 2.85 bits per heavy atom. The average Bonchev–Trinajstić information content (AvgIpc) is 2.91. The second kappa shape index (κ2) is 5.00. The number of anilines is 1. The van der Waals surface area contributed by atoms with Gasteiger partial charge in [-0.05, 0) is 33.2 Å². The molecular weight excluding hydrogens is 270 g/mol. The van der Waals surface area contributed by atoms with Crippen molar-refractivity contribution < 1.29 is 0 Å². The molecule has 1 aromatic heterocycles. The molecule has 2 saturated heterocycles. The second-order valence-electron chi connectivity index (χ2n) is 6.06. The van der Waals surface area contributed by atoms with Crippen molar-refractivity contribution in [2.75, 3.05) is 24.5 Å². The van der Waals surface area contributed by atoms with Crippen molar-refractivity contribution in [3.8, 4) is 0 Å². The van der Waals surface area contributed by atoms with Crippen LogP contribution in [0, 0.1) is 6.92 Å². The van der Waals surface area contributed by atoms with Gasteiger partial charge in [0.05, 0.1) is 11.3 Å². The minimum atomic E-state index is 0.451. The SMILES string of the molecule is Cc1nn(C)c(N2CC3CCCN3CC2C)c1C(N)=S. The Labute approximate surface area is 125 Å². The summed E-state index contributed by atoms with van der Waals surface area (Å²) in [7, 11) is 1.98. The van der Waals surface area contributed by atoms with Crippen LogP contribution in [0.5, 0.6) is 0 Å². The van der Waals surface area contributed by atoms with E-state index in [1.54, 1.807) is 0 Å². The lowest BCUT2D eigenvalue weighted by molar-refractivity contribution is 0.201. The molecule has 2 fully saturated rings. The van der Waals surface area contributed by atoms with E-state index in [4.69, 9.17) is 18.0 Å². The Bertz CT molecular complexity index is 538. The Morgan fingerprint density at radius 1 is 1.40 bits per heavy atom. The fraction of sp³-hybridized carbons (Fsp3) is 0.714. The second-order valence-corrected chi connectivity index (χ2v) is 6.50. The highest BCUT2D eigenvalue weighted by Crippen LogP contribution is 2.31. The van der Waals surface area contributed by atoms with Gasteiger partial charge in [0.2, 0.25) is 0 Å². The van der Waals surface area contributed by atoms with Crippen molar-refractivity contribution in [1.82, 2.24) is 14.7 Å². The Kier molecular flexibility index (Phi) is 3.46. The molecule has 1 aromatic rings. The van der Waals surface area contributed by atoms with Gasteiger partial charge in [-0.3, -0.25) is 9.58 Å². The van der Waals surface area contributed by atoms with E-state index >= 15 is 0 Å². The van der Waals surface area contributed by atoms with E-state index in [1.807, 2.05) is 18.7 Å². The van der Waals surface area contributed by atoms with E-state index in [0.717, 1.165) is 30.2 Å². The number of rotatable bonds is 2. The van der Waals surface area contributed by atoms with Gasteiger partial charge in [0.1, 0.15) is 10.8 Å². The van der Waals surface area contributed by atoms with Crippen LogP contribution in [0.25, 0.3) is 0 Å². The van der Waals surface area contributed by atoms with Gasteiger partial charge < -0.3 is 10.6 Å². The number of piperazine rings is 1. The molecule has 2 N–H and O–H groups in total. The fourth-order valence-corrected chi connectivity index (χ4v) is 3.99. The molecule has 0 spiro atoms. The summed E-state index contributed by atoms with van der Waals surface area (Å²) >= 11 is 5.24. The van der Waals surface area contributed by atoms with Crippen LogP contribution in [-0.4, -0.2) is 51.4 Å². The summed E-state index contributed by atoms with van der Waals surface area (Å²) in [5.41, 5.74) is 7.80. The maximum absolute atomic E-state index is 5.93. The van der Waals surface area contributed by atoms with E-state index in [9.17, 15) is 0 Å². The minimum absolute atomic E-state index is 0.451. The molecular formula is C14H23N5S. The molecule has 0 saturated carbocycles. The zero-order valence-electron chi connectivity index (χ0n) is 12.5. The van der Waals surface area contributed by atoms with E-state index in [0.29, 0.717) is 17.1 Å². The van der Waals surface area contributed by atoms with Crippen molar-refractivity contribution in [1.29, 1.82) is 0 Å². The molecule has 0 amide bonds. The van der Waals surface area contributed by atoms with Gasteiger partial charge in [-0.15, -0.1) is 0 Å². The molecule has 2 atom stereocenters. The Hall–Kier alpha value is -1.14. The Balaban J connectivity index is 1.98. The number of nitrogens with zero attached hydrogens (tertiary/aromatic N) is 4. The topological polar surface area (TPSA) is 50.3 Å². The van der Waals surface area contributed by atoms with Crippen LogP contribution in [0.3, 0.4) is 0 Å². The highest BCUT2D eigenvalue weighted by molar-refractivity contribution is 7.80. The summed E-state index contributed by atoms with van der Waals surface area (Å²) in [4.78, 5) is 5.51. The van der Waals surface area contributed by atoms with Crippen molar-refractivity contribution in [3.05, 3.63) is 11.3 Å². The number of aromatic nitrogens is 2. The van der Waals surface area contributed by atoms with Crippen molar-refractivity contribution >= 4 is 23.0 Å². The monoisotopic (exact) mass is 293 g/mol. The number of nitrogens with two attached hydrogens (primary N) is 1. The van der Waals surface area contributed by atoms with E-state index in [-0.39, 0.29) is 0 Å². The highest BCUT2D eigenvalue weighted by Gasteiger charge is 2.36. The predicted molar refractivity (Wildman–Crippen MR) is 85.2 cm³/mol. The molecule has 5 nitrogen and oxygen atoms in total. The first kappa shape index (κ1) is 13.8. The van der Waals surface area contributed by atoms with Gasteiger partial charge in [0.15, 0.2) is 0 Å². The van der Waals surface area contributed by atoms with Crippen LogP contribution in [0.15, 0.2) is 0 Å². The molecule has 0 aliphatic carbocycles. The third-order valence-corrected chi connectivity index (χ3v) is 4.85. The zero-order chi connectivity index (χ0) is 14.4. The quantitative estimate of drug-likeness (QED) is 0.826. The number of aryl methyl sites for hydroxylation is 2. The van der Waals surface area contributed by atoms with Crippen LogP contribution in [0.2, 0.25) is 0 Å². The molecule has 2 unspecified atom stereocenters. The van der Waals surface area contributed by atoms with Crippen LogP contribution in [-0.2, 0) is 7.05 Å². The maximum atomic E-state index is 5.93. The molecule has 6 heteroatoms. The van der Waals surface area contributed by atoms with Crippen LogP contribution >= 0.6 is 12.2 Å². The molecule has 0 radical (unpaired) electrons. The molecule has 2 aliphatic rings. The first-order valence-corrected chi connectivity index (χ1v) is 7.74. The van der Waals surface area contributed by atoms with E-state index in [1.165, 1.54) is 19.4 Å². The lowest BCUT2D eigenvalue weighted by Gasteiger charge is -2.43. The molecule has 3 heterocycles. The third kappa shape index (κ3) is 2.11. The van der Waals surface area contributed by atoms with Crippen molar-refractivity contribution in [3.63, 3.8) is 0 Å². The largest absolute Gasteiger partial charge is 0.389 e. The summed E-state index contributed by atoms with van der Waals surface area (Å²) in [6.07, 6.45) is 2.61. The lowest BCUT2D eigenvalue weighted by atomic mass is 10.1. The predicted octanol–water partition coefficient (Wildman–Crippen LogP) is 1.04. The van der Waals surface area contributed by atoms with Crippen LogP contribution in [0.4, 0.5) is 5.82 Å². The minimum Gasteiger partial charge on any atom is -0.389 e. The van der Waals surface area contributed by atoms with Gasteiger partial charge in [0.25, 0.3) is 0 Å². The number of hydrogen-bond donors (Lipinski definition) is 1. The van der Waals surface area contributed by atoms with Crippen molar-refractivity contribution in [2.24, 2.45) is 12.8 Å². The molecule has 2 aliphatic heterocycles. The van der Waals surface area contributed by atoms with Gasteiger partial charge in [-0.25, -0.2) is 0 Å². The lowest BCUT2D eigenvalue weighted by Crippen LogP contribution is -2.55. The van der Waals surface area contributed by atoms with E-state index in [2.05, 4.69) is 21.8 Å². The smallest absolute Gasteiger partial charge is 0.137 e. The Morgan fingerprint density at radius 2 is 2.15 bits per heavy atom. The molecule has 0 aromatic carbocycles. The average molecular weight is 293 g/mol. The molecule has 3 rings (SSSR count). The number of hydrogen-bond acceptors (Lipinski definition) is 4. The fourth-order valence-electron chi connectivity index (χ4n) is 3.75. The molecule has 20 heavy (non-hydrogen) atoms.